The van der Waals surface area contributed by atoms with Gasteiger partial charge in [-0.25, -0.2) is 4.98 Å². The number of benzene rings is 2. The maximum Gasteiger partial charge on any atom is 0.203 e. The fraction of sp³-hybridized carbons (Fsp3) is 0.158. The molecule has 1 N–H and O–H groups in total. The van der Waals surface area contributed by atoms with Crippen LogP contribution in [0.3, 0.4) is 0 Å². The van der Waals surface area contributed by atoms with Crippen LogP contribution in [0.5, 0.6) is 0 Å². The van der Waals surface area contributed by atoms with E-state index < -0.39 is 0 Å². The first kappa shape index (κ1) is 15.4. The topological polar surface area (TPSA) is 37.3 Å². The second kappa shape index (κ2) is 7.20. The summed E-state index contributed by atoms with van der Waals surface area (Å²) in [5.74, 6) is 0. The molecule has 23 heavy (non-hydrogen) atoms. The van der Waals surface area contributed by atoms with E-state index in [1.54, 1.807) is 11.3 Å². The summed E-state index contributed by atoms with van der Waals surface area (Å²) in [6.07, 6.45) is 0.837. The van der Waals surface area contributed by atoms with Crippen LogP contribution >= 0.6 is 11.3 Å². The van der Waals surface area contributed by atoms with Crippen LogP contribution in [0.15, 0.2) is 65.1 Å². The standard InChI is InChI=1S/C19H19N3S/c1-14-8-10-17(11-9-14)18-13-23-19(20-18)22-21-15(2)12-16-6-4-3-5-7-16/h3-11,13H,12H2,1-2H3,(H,20,22)/b21-15-. The molecule has 0 fully saturated rings. The number of hydrazone groups is 1. The minimum absolute atomic E-state index is 0.813. The SMILES string of the molecule is C/C(Cc1ccccc1)=N/Nc1nc(-c2ccc(C)cc2)cs1. The number of thiazole rings is 1. The Morgan fingerprint density at radius 1 is 1.09 bits per heavy atom. The molecule has 0 saturated heterocycles. The minimum Gasteiger partial charge on any atom is -0.253 e. The van der Waals surface area contributed by atoms with Gasteiger partial charge in [-0.05, 0) is 19.4 Å². The molecule has 0 amide bonds. The summed E-state index contributed by atoms with van der Waals surface area (Å²) in [5, 5.41) is 7.29. The van der Waals surface area contributed by atoms with Crippen molar-refractivity contribution in [3.05, 3.63) is 71.1 Å². The summed E-state index contributed by atoms with van der Waals surface area (Å²) in [5.41, 5.74) is 8.71. The van der Waals surface area contributed by atoms with E-state index in [-0.39, 0.29) is 0 Å². The van der Waals surface area contributed by atoms with Gasteiger partial charge in [-0.15, -0.1) is 11.3 Å². The number of rotatable bonds is 5. The Morgan fingerprint density at radius 3 is 2.57 bits per heavy atom. The van der Waals surface area contributed by atoms with Gasteiger partial charge in [0.15, 0.2) is 0 Å². The molecule has 0 unspecified atom stereocenters. The minimum atomic E-state index is 0.813. The monoisotopic (exact) mass is 321 g/mol. The molecule has 0 aliphatic carbocycles. The molecule has 3 rings (SSSR count). The Bertz CT molecular complexity index is 789. The molecule has 0 saturated carbocycles. The van der Waals surface area contributed by atoms with E-state index in [9.17, 15) is 0 Å². The van der Waals surface area contributed by atoms with Crippen molar-refractivity contribution in [3.8, 4) is 11.3 Å². The summed E-state index contributed by atoms with van der Waals surface area (Å²) in [4.78, 5) is 4.59. The van der Waals surface area contributed by atoms with Crippen LogP contribution in [-0.4, -0.2) is 10.7 Å². The fourth-order valence-electron chi connectivity index (χ4n) is 2.26. The maximum atomic E-state index is 4.59. The summed E-state index contributed by atoms with van der Waals surface area (Å²) in [6.45, 7) is 4.11. The Morgan fingerprint density at radius 2 is 1.83 bits per heavy atom. The molecule has 0 radical (unpaired) electrons. The quantitative estimate of drug-likeness (QED) is 0.521. The lowest BCUT2D eigenvalue weighted by Crippen LogP contribution is -2.01. The number of aryl methyl sites for hydroxylation is 1. The van der Waals surface area contributed by atoms with Gasteiger partial charge in [0.2, 0.25) is 5.13 Å². The normalized spacial score (nSPS) is 11.5. The van der Waals surface area contributed by atoms with Crippen LogP contribution in [0.4, 0.5) is 5.13 Å². The number of nitrogens with one attached hydrogen (secondary N) is 1. The van der Waals surface area contributed by atoms with Gasteiger partial charge in [0, 0.05) is 23.1 Å². The molecular weight excluding hydrogens is 302 g/mol. The average Bonchev–Trinajstić information content (AvgIpc) is 3.04. The van der Waals surface area contributed by atoms with Crippen molar-refractivity contribution in [1.82, 2.24) is 4.98 Å². The molecule has 0 bridgehead atoms. The molecule has 1 heterocycles. The van der Waals surface area contributed by atoms with Crippen LogP contribution in [0, 0.1) is 6.92 Å². The fourth-order valence-corrected chi connectivity index (χ4v) is 2.92. The van der Waals surface area contributed by atoms with E-state index in [2.05, 4.69) is 64.2 Å². The smallest absolute Gasteiger partial charge is 0.203 e. The van der Waals surface area contributed by atoms with Crippen molar-refractivity contribution in [1.29, 1.82) is 0 Å². The van der Waals surface area contributed by atoms with Gasteiger partial charge < -0.3 is 0 Å². The zero-order valence-electron chi connectivity index (χ0n) is 13.3. The predicted molar refractivity (Wildman–Crippen MR) is 99.2 cm³/mol. The van der Waals surface area contributed by atoms with Crippen molar-refractivity contribution in [2.75, 3.05) is 5.43 Å². The Kier molecular flexibility index (Phi) is 4.83. The van der Waals surface area contributed by atoms with E-state index in [4.69, 9.17) is 0 Å². The molecule has 0 aliphatic heterocycles. The summed E-state index contributed by atoms with van der Waals surface area (Å²) >= 11 is 1.57. The molecule has 3 nitrogen and oxygen atoms in total. The molecule has 0 spiro atoms. The molecule has 1 aromatic heterocycles. The highest BCUT2D eigenvalue weighted by Crippen LogP contribution is 2.25. The van der Waals surface area contributed by atoms with Gasteiger partial charge in [0.25, 0.3) is 0 Å². The third-order valence-electron chi connectivity index (χ3n) is 3.50. The molecule has 0 atom stereocenters. The van der Waals surface area contributed by atoms with Gasteiger partial charge in [0.05, 0.1) is 5.69 Å². The zero-order chi connectivity index (χ0) is 16.1. The van der Waals surface area contributed by atoms with Crippen LogP contribution in [0.2, 0.25) is 0 Å². The van der Waals surface area contributed by atoms with E-state index in [0.717, 1.165) is 28.5 Å². The van der Waals surface area contributed by atoms with Crippen molar-refractivity contribution in [2.45, 2.75) is 20.3 Å². The van der Waals surface area contributed by atoms with E-state index in [0.29, 0.717) is 0 Å². The molecule has 0 aliphatic rings. The molecule has 116 valence electrons. The van der Waals surface area contributed by atoms with Crippen LogP contribution in [0.25, 0.3) is 11.3 Å². The van der Waals surface area contributed by atoms with E-state index in [1.807, 2.05) is 25.1 Å². The second-order valence-corrected chi connectivity index (χ2v) is 6.38. The number of hydrogen-bond acceptors (Lipinski definition) is 4. The van der Waals surface area contributed by atoms with E-state index >= 15 is 0 Å². The second-order valence-electron chi connectivity index (χ2n) is 5.53. The van der Waals surface area contributed by atoms with Crippen LogP contribution in [0.1, 0.15) is 18.1 Å². The van der Waals surface area contributed by atoms with Crippen LogP contribution in [-0.2, 0) is 6.42 Å². The largest absolute Gasteiger partial charge is 0.253 e. The highest BCUT2D eigenvalue weighted by molar-refractivity contribution is 7.14. The van der Waals surface area contributed by atoms with Gasteiger partial charge in [-0.3, -0.25) is 5.43 Å². The van der Waals surface area contributed by atoms with Gasteiger partial charge in [-0.2, -0.15) is 5.10 Å². The number of aromatic nitrogens is 1. The van der Waals surface area contributed by atoms with Gasteiger partial charge >= 0.3 is 0 Å². The lowest BCUT2D eigenvalue weighted by molar-refractivity contribution is 1.22. The first-order valence-corrected chi connectivity index (χ1v) is 8.44. The lowest BCUT2D eigenvalue weighted by Gasteiger charge is -2.01. The summed E-state index contributed by atoms with van der Waals surface area (Å²) < 4.78 is 0. The summed E-state index contributed by atoms with van der Waals surface area (Å²) in [6, 6.07) is 18.7. The third kappa shape index (κ3) is 4.27. The number of hydrogen-bond donors (Lipinski definition) is 1. The van der Waals surface area contributed by atoms with Gasteiger partial charge in [-0.1, -0.05) is 60.2 Å². The third-order valence-corrected chi connectivity index (χ3v) is 4.24. The van der Waals surface area contributed by atoms with Crippen LogP contribution < -0.4 is 5.43 Å². The predicted octanol–water partition coefficient (Wildman–Crippen LogP) is 5.15. The van der Waals surface area contributed by atoms with Gasteiger partial charge in [0.1, 0.15) is 0 Å². The molecule has 3 aromatic rings. The molecular formula is C19H19N3S. The molecule has 4 heteroatoms. The summed E-state index contributed by atoms with van der Waals surface area (Å²) in [7, 11) is 0. The number of anilines is 1. The first-order valence-electron chi connectivity index (χ1n) is 7.56. The Hall–Kier alpha value is -2.46. The Balaban J connectivity index is 1.64. The zero-order valence-corrected chi connectivity index (χ0v) is 14.1. The number of nitrogens with zero attached hydrogens (tertiary/aromatic N) is 2. The van der Waals surface area contributed by atoms with Crippen molar-refractivity contribution < 1.29 is 0 Å². The average molecular weight is 321 g/mol. The molecule has 2 aromatic carbocycles. The van der Waals surface area contributed by atoms with E-state index in [1.165, 1.54) is 11.1 Å². The highest BCUT2D eigenvalue weighted by Gasteiger charge is 2.04. The maximum absolute atomic E-state index is 4.59. The van der Waals surface area contributed by atoms with Crippen molar-refractivity contribution in [3.63, 3.8) is 0 Å². The highest BCUT2D eigenvalue weighted by atomic mass is 32.1. The van der Waals surface area contributed by atoms with Crippen molar-refractivity contribution >= 4 is 22.2 Å². The van der Waals surface area contributed by atoms with Crippen molar-refractivity contribution in [2.24, 2.45) is 5.10 Å². The lowest BCUT2D eigenvalue weighted by atomic mass is 10.1. The Labute approximate surface area is 140 Å². The first-order chi connectivity index (χ1) is 11.2.